The van der Waals surface area contributed by atoms with Gasteiger partial charge in [-0.1, -0.05) is 6.07 Å². The van der Waals surface area contributed by atoms with Crippen molar-refractivity contribution < 1.29 is 23.1 Å². The molecule has 0 aliphatic carbocycles. The van der Waals surface area contributed by atoms with Crippen molar-refractivity contribution in [2.75, 3.05) is 45.2 Å². The van der Waals surface area contributed by atoms with Crippen LogP contribution in [0, 0.1) is 20.2 Å². The number of carbonyl (C=O) groups excluding carboxylic acids is 1. The van der Waals surface area contributed by atoms with E-state index in [0.717, 1.165) is 10.4 Å². The minimum atomic E-state index is -3.98. The molecule has 0 aromatic heterocycles. The number of nitro groups is 2. The second-order valence-corrected chi connectivity index (χ2v) is 9.24. The summed E-state index contributed by atoms with van der Waals surface area (Å²) in [5.74, 6) is -0.440. The van der Waals surface area contributed by atoms with Gasteiger partial charge in [0.25, 0.3) is 17.3 Å². The molecule has 1 heterocycles. The SMILES string of the molecule is CN(C)c1ccc([N+](=O)[O-])cc1C(=O)N1CCN(S(=O)(=O)c2cccc([N+](=O)[O-])c2)CC1. The molecule has 0 bridgehead atoms. The molecule has 0 N–H and O–H groups in total. The topological polar surface area (TPSA) is 147 Å². The van der Waals surface area contributed by atoms with Gasteiger partial charge < -0.3 is 9.80 Å². The van der Waals surface area contributed by atoms with E-state index in [1.54, 1.807) is 19.0 Å². The van der Waals surface area contributed by atoms with E-state index in [0.29, 0.717) is 5.69 Å². The fraction of sp³-hybridized carbons (Fsp3) is 0.316. The van der Waals surface area contributed by atoms with Gasteiger partial charge >= 0.3 is 0 Å². The Balaban J connectivity index is 1.79. The fourth-order valence-electron chi connectivity index (χ4n) is 3.41. The molecule has 1 saturated heterocycles. The molecule has 0 radical (unpaired) electrons. The lowest BCUT2D eigenvalue weighted by molar-refractivity contribution is -0.385. The van der Waals surface area contributed by atoms with E-state index in [1.807, 2.05) is 0 Å². The number of piperazine rings is 1. The van der Waals surface area contributed by atoms with E-state index in [1.165, 1.54) is 41.3 Å². The minimum absolute atomic E-state index is 0.0109. The Labute approximate surface area is 184 Å². The van der Waals surface area contributed by atoms with Gasteiger partial charge in [-0.2, -0.15) is 4.31 Å². The standard InChI is InChI=1S/C19H21N5O7S/c1-20(2)18-7-6-15(24(28)29)13-17(18)19(25)21-8-10-22(11-9-21)32(30,31)16-5-3-4-14(12-16)23(26)27/h3-7,12-13H,8-11H2,1-2H3. The number of carbonyl (C=O) groups is 1. The van der Waals surface area contributed by atoms with Crippen molar-refractivity contribution in [2.24, 2.45) is 0 Å². The first-order valence-corrected chi connectivity index (χ1v) is 11.0. The normalized spacial score (nSPS) is 14.8. The molecule has 2 aromatic rings. The molecular weight excluding hydrogens is 442 g/mol. The van der Waals surface area contributed by atoms with Gasteiger partial charge in [-0.3, -0.25) is 25.0 Å². The number of sulfonamides is 1. The van der Waals surface area contributed by atoms with E-state index in [9.17, 15) is 33.4 Å². The van der Waals surface area contributed by atoms with Crippen LogP contribution in [0.4, 0.5) is 17.1 Å². The van der Waals surface area contributed by atoms with Crippen LogP contribution >= 0.6 is 0 Å². The van der Waals surface area contributed by atoms with Crippen molar-refractivity contribution in [2.45, 2.75) is 4.90 Å². The Kier molecular flexibility index (Phi) is 6.41. The number of amides is 1. The van der Waals surface area contributed by atoms with Gasteiger partial charge in [-0.25, -0.2) is 8.42 Å². The Morgan fingerprint density at radius 1 is 0.938 bits per heavy atom. The summed E-state index contributed by atoms with van der Waals surface area (Å²) in [5.41, 5.74) is 0.110. The molecule has 1 fully saturated rings. The molecule has 0 saturated carbocycles. The number of rotatable bonds is 6. The van der Waals surface area contributed by atoms with E-state index >= 15 is 0 Å². The zero-order chi connectivity index (χ0) is 23.6. The van der Waals surface area contributed by atoms with Crippen LogP contribution < -0.4 is 4.90 Å². The number of hydrogen-bond acceptors (Lipinski definition) is 8. The summed E-state index contributed by atoms with van der Waals surface area (Å²) in [6.45, 7) is 0.122. The number of nitro benzene ring substituents is 2. The smallest absolute Gasteiger partial charge is 0.270 e. The Morgan fingerprint density at radius 3 is 2.09 bits per heavy atom. The number of hydrogen-bond donors (Lipinski definition) is 0. The molecule has 1 amide bonds. The zero-order valence-corrected chi connectivity index (χ0v) is 18.2. The first-order valence-electron chi connectivity index (χ1n) is 9.52. The molecule has 0 unspecified atom stereocenters. The molecule has 170 valence electrons. The summed E-state index contributed by atoms with van der Waals surface area (Å²) >= 11 is 0. The zero-order valence-electron chi connectivity index (χ0n) is 17.4. The molecule has 2 aromatic carbocycles. The number of benzene rings is 2. The highest BCUT2D eigenvalue weighted by Gasteiger charge is 2.32. The van der Waals surface area contributed by atoms with Crippen molar-refractivity contribution in [3.05, 3.63) is 68.3 Å². The van der Waals surface area contributed by atoms with Gasteiger partial charge in [-0.15, -0.1) is 0 Å². The average molecular weight is 463 g/mol. The predicted octanol–water partition coefficient (Wildman–Crippen LogP) is 1.72. The third-order valence-electron chi connectivity index (χ3n) is 5.10. The van der Waals surface area contributed by atoms with Crippen LogP contribution in [0.1, 0.15) is 10.4 Å². The summed E-state index contributed by atoms with van der Waals surface area (Å²) in [5, 5.41) is 22.1. The minimum Gasteiger partial charge on any atom is -0.377 e. The van der Waals surface area contributed by atoms with Crippen LogP contribution in [0.5, 0.6) is 0 Å². The maximum atomic E-state index is 13.1. The summed E-state index contributed by atoms with van der Waals surface area (Å²) in [6.07, 6.45) is 0. The Hall–Kier alpha value is -3.58. The van der Waals surface area contributed by atoms with Crippen LogP contribution in [0.2, 0.25) is 0 Å². The third-order valence-corrected chi connectivity index (χ3v) is 6.99. The highest BCUT2D eigenvalue weighted by atomic mass is 32.2. The molecule has 32 heavy (non-hydrogen) atoms. The van der Waals surface area contributed by atoms with Gasteiger partial charge in [0, 0.05) is 70.2 Å². The summed E-state index contributed by atoms with van der Waals surface area (Å²) in [4.78, 5) is 36.8. The molecule has 0 atom stereocenters. The van der Waals surface area contributed by atoms with Gasteiger partial charge in [0.05, 0.1) is 20.3 Å². The van der Waals surface area contributed by atoms with Gasteiger partial charge in [0.2, 0.25) is 10.0 Å². The maximum absolute atomic E-state index is 13.1. The second-order valence-electron chi connectivity index (χ2n) is 7.30. The molecule has 1 aliphatic heterocycles. The summed E-state index contributed by atoms with van der Waals surface area (Å²) in [7, 11) is -0.558. The highest BCUT2D eigenvalue weighted by molar-refractivity contribution is 7.89. The fourth-order valence-corrected chi connectivity index (χ4v) is 4.87. The van der Waals surface area contributed by atoms with Crippen molar-refractivity contribution in [3.8, 4) is 0 Å². The molecule has 1 aliphatic rings. The van der Waals surface area contributed by atoms with Crippen LogP contribution in [0.15, 0.2) is 47.4 Å². The van der Waals surface area contributed by atoms with Crippen molar-refractivity contribution in [3.63, 3.8) is 0 Å². The van der Waals surface area contributed by atoms with Crippen LogP contribution in [0.3, 0.4) is 0 Å². The van der Waals surface area contributed by atoms with Crippen LogP contribution in [0.25, 0.3) is 0 Å². The van der Waals surface area contributed by atoms with Crippen molar-refractivity contribution in [1.82, 2.24) is 9.21 Å². The van der Waals surface area contributed by atoms with E-state index < -0.39 is 25.8 Å². The third kappa shape index (κ3) is 4.53. The summed E-state index contributed by atoms with van der Waals surface area (Å²) in [6, 6.07) is 8.81. The first-order chi connectivity index (χ1) is 15.0. The number of non-ortho nitro benzene ring substituents is 2. The maximum Gasteiger partial charge on any atom is 0.270 e. The van der Waals surface area contributed by atoms with E-state index in [2.05, 4.69) is 0 Å². The van der Waals surface area contributed by atoms with Gasteiger partial charge in [-0.05, 0) is 12.1 Å². The molecule has 3 rings (SSSR count). The van der Waals surface area contributed by atoms with Gasteiger partial charge in [0.1, 0.15) is 0 Å². The molecule has 0 spiro atoms. The molecule has 12 nitrogen and oxygen atoms in total. The highest BCUT2D eigenvalue weighted by Crippen LogP contribution is 2.27. The average Bonchev–Trinajstić information content (AvgIpc) is 2.78. The first kappa shape index (κ1) is 23.1. The largest absolute Gasteiger partial charge is 0.377 e. The lowest BCUT2D eigenvalue weighted by atomic mass is 10.1. The van der Waals surface area contributed by atoms with Gasteiger partial charge in [0.15, 0.2) is 0 Å². The summed E-state index contributed by atoms with van der Waals surface area (Å²) < 4.78 is 26.9. The predicted molar refractivity (Wildman–Crippen MR) is 115 cm³/mol. The molecular formula is C19H21N5O7S. The Bertz CT molecular complexity index is 1170. The van der Waals surface area contributed by atoms with E-state index in [-0.39, 0.29) is 48.0 Å². The lowest BCUT2D eigenvalue weighted by Gasteiger charge is -2.34. The monoisotopic (exact) mass is 463 g/mol. The van der Waals surface area contributed by atoms with E-state index in [4.69, 9.17) is 0 Å². The molecule has 13 heteroatoms. The second kappa shape index (κ2) is 8.88. The Morgan fingerprint density at radius 2 is 1.53 bits per heavy atom. The quantitative estimate of drug-likeness (QED) is 0.465. The van der Waals surface area contributed by atoms with Crippen molar-refractivity contribution >= 4 is 33.0 Å². The lowest BCUT2D eigenvalue weighted by Crippen LogP contribution is -2.50. The van der Waals surface area contributed by atoms with Crippen LogP contribution in [-0.4, -0.2) is 73.7 Å². The number of anilines is 1. The van der Waals surface area contributed by atoms with Crippen molar-refractivity contribution in [1.29, 1.82) is 0 Å². The van der Waals surface area contributed by atoms with Crippen LogP contribution in [-0.2, 0) is 10.0 Å². The number of nitrogens with zero attached hydrogens (tertiary/aromatic N) is 5.